The summed E-state index contributed by atoms with van der Waals surface area (Å²) in [5.41, 5.74) is 1.88. The highest BCUT2D eigenvalue weighted by molar-refractivity contribution is 5.78. The SMILES string of the molecule is COc1ccc(C)cc1N=Cc1ncncn1. The Morgan fingerprint density at radius 2 is 2.00 bits per heavy atom. The fourth-order valence-electron chi connectivity index (χ4n) is 1.34. The average Bonchev–Trinajstić information content (AvgIpc) is 2.38. The molecule has 0 radical (unpaired) electrons. The van der Waals surface area contributed by atoms with Gasteiger partial charge in [0.1, 0.15) is 24.1 Å². The second-order valence-corrected chi connectivity index (χ2v) is 3.43. The maximum Gasteiger partial charge on any atom is 0.173 e. The molecule has 2 aromatic rings. The summed E-state index contributed by atoms with van der Waals surface area (Å²) in [7, 11) is 1.62. The summed E-state index contributed by atoms with van der Waals surface area (Å²) >= 11 is 0. The molecule has 86 valence electrons. The molecule has 1 aromatic heterocycles. The van der Waals surface area contributed by atoms with Crippen LogP contribution >= 0.6 is 0 Å². The maximum atomic E-state index is 5.22. The number of ether oxygens (including phenoxy) is 1. The van der Waals surface area contributed by atoms with Gasteiger partial charge in [-0.3, -0.25) is 0 Å². The van der Waals surface area contributed by atoms with E-state index in [2.05, 4.69) is 19.9 Å². The molecule has 1 heterocycles. The lowest BCUT2D eigenvalue weighted by molar-refractivity contribution is 0.416. The number of hydrogen-bond acceptors (Lipinski definition) is 5. The van der Waals surface area contributed by atoms with Crippen molar-refractivity contribution in [3.63, 3.8) is 0 Å². The van der Waals surface area contributed by atoms with Crippen LogP contribution < -0.4 is 4.74 Å². The Morgan fingerprint density at radius 1 is 1.24 bits per heavy atom. The Hall–Kier alpha value is -2.30. The summed E-state index contributed by atoms with van der Waals surface area (Å²) in [6, 6.07) is 5.80. The molecular formula is C12H12N4O. The van der Waals surface area contributed by atoms with E-state index in [-0.39, 0.29) is 0 Å². The molecule has 5 nitrogen and oxygen atoms in total. The molecule has 0 spiro atoms. The topological polar surface area (TPSA) is 60.3 Å². The molecule has 0 saturated carbocycles. The number of aliphatic imine (C=N–C) groups is 1. The molecule has 0 unspecified atom stereocenters. The van der Waals surface area contributed by atoms with Crippen LogP contribution in [0.2, 0.25) is 0 Å². The zero-order valence-electron chi connectivity index (χ0n) is 9.66. The lowest BCUT2D eigenvalue weighted by atomic mass is 10.2. The summed E-state index contributed by atoms with van der Waals surface area (Å²) in [5.74, 6) is 1.24. The van der Waals surface area contributed by atoms with Gasteiger partial charge in [0, 0.05) is 0 Å². The summed E-state index contributed by atoms with van der Waals surface area (Å²) in [5, 5.41) is 0. The predicted molar refractivity (Wildman–Crippen MR) is 64.8 cm³/mol. The number of methoxy groups -OCH3 is 1. The summed E-state index contributed by atoms with van der Waals surface area (Å²) in [6.45, 7) is 2.00. The summed E-state index contributed by atoms with van der Waals surface area (Å²) < 4.78 is 5.22. The van der Waals surface area contributed by atoms with Gasteiger partial charge in [-0.1, -0.05) is 6.07 Å². The van der Waals surface area contributed by atoms with Crippen molar-refractivity contribution in [2.24, 2.45) is 4.99 Å². The molecule has 0 atom stereocenters. The average molecular weight is 228 g/mol. The molecule has 0 aliphatic carbocycles. The normalized spacial score (nSPS) is 10.7. The number of aryl methyl sites for hydroxylation is 1. The molecular weight excluding hydrogens is 216 g/mol. The van der Waals surface area contributed by atoms with Crippen LogP contribution in [0.15, 0.2) is 35.8 Å². The number of hydrogen-bond donors (Lipinski definition) is 0. The van der Waals surface area contributed by atoms with Crippen LogP contribution in [0.4, 0.5) is 5.69 Å². The van der Waals surface area contributed by atoms with Gasteiger partial charge in [0.25, 0.3) is 0 Å². The minimum Gasteiger partial charge on any atom is -0.494 e. The highest BCUT2D eigenvalue weighted by Gasteiger charge is 2.00. The molecule has 17 heavy (non-hydrogen) atoms. The predicted octanol–water partition coefficient (Wildman–Crippen LogP) is 1.94. The highest BCUT2D eigenvalue weighted by atomic mass is 16.5. The Balaban J connectivity index is 2.29. The first-order valence-corrected chi connectivity index (χ1v) is 5.10. The van der Waals surface area contributed by atoms with Crippen molar-refractivity contribution in [3.8, 4) is 5.75 Å². The molecule has 0 amide bonds. The van der Waals surface area contributed by atoms with E-state index in [1.165, 1.54) is 12.7 Å². The van der Waals surface area contributed by atoms with Gasteiger partial charge in [0.05, 0.1) is 13.3 Å². The third-order valence-electron chi connectivity index (χ3n) is 2.17. The monoisotopic (exact) mass is 228 g/mol. The van der Waals surface area contributed by atoms with E-state index in [9.17, 15) is 0 Å². The fourth-order valence-corrected chi connectivity index (χ4v) is 1.34. The number of benzene rings is 1. The standard InChI is InChI=1S/C12H12N4O/c1-9-3-4-11(17-2)10(5-9)14-6-12-15-7-13-8-16-12/h3-8H,1-2H3. The highest BCUT2D eigenvalue weighted by Crippen LogP contribution is 2.27. The Labute approximate surface area is 99.3 Å². The Morgan fingerprint density at radius 3 is 2.71 bits per heavy atom. The lowest BCUT2D eigenvalue weighted by Crippen LogP contribution is -1.92. The zero-order chi connectivity index (χ0) is 12.1. The number of aromatic nitrogens is 3. The molecule has 0 bridgehead atoms. The van der Waals surface area contributed by atoms with E-state index in [1.807, 2.05) is 25.1 Å². The first-order valence-electron chi connectivity index (χ1n) is 5.10. The summed E-state index contributed by atoms with van der Waals surface area (Å²) in [6.07, 6.45) is 4.45. The fraction of sp³-hybridized carbons (Fsp3) is 0.167. The first-order chi connectivity index (χ1) is 8.29. The van der Waals surface area contributed by atoms with Crippen molar-refractivity contribution in [3.05, 3.63) is 42.2 Å². The first kappa shape index (κ1) is 11.2. The van der Waals surface area contributed by atoms with Gasteiger partial charge in [0.2, 0.25) is 0 Å². The van der Waals surface area contributed by atoms with Crippen LogP contribution in [0, 0.1) is 6.92 Å². The molecule has 2 rings (SSSR count). The van der Waals surface area contributed by atoms with Crippen molar-refractivity contribution in [2.45, 2.75) is 6.92 Å². The summed E-state index contributed by atoms with van der Waals surface area (Å²) in [4.78, 5) is 16.0. The number of nitrogens with zero attached hydrogens (tertiary/aromatic N) is 4. The molecule has 0 aliphatic heterocycles. The van der Waals surface area contributed by atoms with E-state index in [1.54, 1.807) is 13.3 Å². The smallest absolute Gasteiger partial charge is 0.173 e. The van der Waals surface area contributed by atoms with E-state index >= 15 is 0 Å². The van der Waals surface area contributed by atoms with E-state index in [0.29, 0.717) is 5.82 Å². The minimum absolute atomic E-state index is 0.517. The maximum absolute atomic E-state index is 5.22. The van der Waals surface area contributed by atoms with E-state index in [4.69, 9.17) is 4.74 Å². The van der Waals surface area contributed by atoms with Gasteiger partial charge < -0.3 is 4.74 Å². The quantitative estimate of drug-likeness (QED) is 0.753. The largest absolute Gasteiger partial charge is 0.494 e. The van der Waals surface area contributed by atoms with E-state index in [0.717, 1.165) is 17.0 Å². The minimum atomic E-state index is 0.517. The molecule has 0 aliphatic rings. The van der Waals surface area contributed by atoms with Crippen molar-refractivity contribution in [2.75, 3.05) is 7.11 Å². The molecule has 0 N–H and O–H groups in total. The van der Waals surface area contributed by atoms with Crippen LogP contribution in [-0.2, 0) is 0 Å². The molecule has 0 saturated heterocycles. The number of rotatable bonds is 3. The third kappa shape index (κ3) is 2.84. The van der Waals surface area contributed by atoms with Gasteiger partial charge >= 0.3 is 0 Å². The second kappa shape index (κ2) is 5.16. The van der Waals surface area contributed by atoms with Crippen LogP contribution in [0.25, 0.3) is 0 Å². The molecule has 5 heteroatoms. The van der Waals surface area contributed by atoms with Crippen molar-refractivity contribution in [1.82, 2.24) is 15.0 Å². The van der Waals surface area contributed by atoms with Gasteiger partial charge in [-0.2, -0.15) is 0 Å². The van der Waals surface area contributed by atoms with Crippen LogP contribution in [0.3, 0.4) is 0 Å². The zero-order valence-corrected chi connectivity index (χ0v) is 9.66. The van der Waals surface area contributed by atoms with Crippen LogP contribution in [0.1, 0.15) is 11.4 Å². The van der Waals surface area contributed by atoms with Gasteiger partial charge in [-0.05, 0) is 24.6 Å². The van der Waals surface area contributed by atoms with E-state index < -0.39 is 0 Å². The van der Waals surface area contributed by atoms with Crippen molar-refractivity contribution in [1.29, 1.82) is 0 Å². The van der Waals surface area contributed by atoms with Crippen molar-refractivity contribution < 1.29 is 4.74 Å². The Kier molecular flexibility index (Phi) is 3.40. The van der Waals surface area contributed by atoms with Gasteiger partial charge in [0.15, 0.2) is 5.82 Å². The molecule has 0 fully saturated rings. The lowest BCUT2D eigenvalue weighted by Gasteiger charge is -2.04. The second-order valence-electron chi connectivity index (χ2n) is 3.43. The van der Waals surface area contributed by atoms with Gasteiger partial charge in [-0.25, -0.2) is 19.9 Å². The van der Waals surface area contributed by atoms with Gasteiger partial charge in [-0.15, -0.1) is 0 Å². The third-order valence-corrected chi connectivity index (χ3v) is 2.17. The molecule has 1 aromatic carbocycles. The van der Waals surface area contributed by atoms with Crippen LogP contribution in [-0.4, -0.2) is 28.3 Å². The van der Waals surface area contributed by atoms with Crippen molar-refractivity contribution >= 4 is 11.9 Å². The Bertz CT molecular complexity index is 525. The van der Waals surface area contributed by atoms with Crippen LogP contribution in [0.5, 0.6) is 5.75 Å².